The predicted molar refractivity (Wildman–Crippen MR) is 71.6 cm³/mol. The standard InChI is InChI=1S/C11H13N5O4S/c1-6-12-11(14-13-6)15-21(19,20)8-4-9(10(17)18)16(5-8)7-2-3-7/h4-5,7H,2-3H2,1H3,(H,17,18)(H2,12,13,14,15). The maximum Gasteiger partial charge on any atom is 0.352 e. The van der Waals surface area contributed by atoms with E-state index < -0.39 is 16.0 Å². The van der Waals surface area contributed by atoms with E-state index in [2.05, 4.69) is 19.9 Å². The lowest BCUT2D eigenvalue weighted by atomic mass is 10.4. The van der Waals surface area contributed by atoms with Gasteiger partial charge in [-0.1, -0.05) is 0 Å². The minimum absolute atomic E-state index is 0.0379. The molecule has 2 aromatic heterocycles. The summed E-state index contributed by atoms with van der Waals surface area (Å²) in [5.41, 5.74) is -0.0379. The van der Waals surface area contributed by atoms with Gasteiger partial charge in [-0.2, -0.15) is 4.98 Å². The van der Waals surface area contributed by atoms with Gasteiger partial charge in [-0.3, -0.25) is 5.10 Å². The number of aromatic nitrogens is 4. The van der Waals surface area contributed by atoms with Crippen LogP contribution in [0.1, 0.15) is 35.2 Å². The number of anilines is 1. The van der Waals surface area contributed by atoms with Crippen molar-refractivity contribution in [3.63, 3.8) is 0 Å². The highest BCUT2D eigenvalue weighted by molar-refractivity contribution is 7.92. The van der Waals surface area contributed by atoms with E-state index in [-0.39, 0.29) is 22.6 Å². The van der Waals surface area contributed by atoms with Gasteiger partial charge >= 0.3 is 5.97 Å². The summed E-state index contributed by atoms with van der Waals surface area (Å²) in [6.45, 7) is 1.64. The molecule has 112 valence electrons. The van der Waals surface area contributed by atoms with Gasteiger partial charge in [0.25, 0.3) is 16.0 Å². The Hall–Kier alpha value is -2.36. The molecule has 3 N–H and O–H groups in total. The Kier molecular flexibility index (Phi) is 2.97. The van der Waals surface area contributed by atoms with Crippen LogP contribution in [0.3, 0.4) is 0 Å². The van der Waals surface area contributed by atoms with Crippen molar-refractivity contribution in [2.24, 2.45) is 0 Å². The first kappa shape index (κ1) is 13.6. The molecule has 1 fully saturated rings. The van der Waals surface area contributed by atoms with Crippen molar-refractivity contribution in [3.05, 3.63) is 23.8 Å². The third-order valence-corrected chi connectivity index (χ3v) is 4.41. The lowest BCUT2D eigenvalue weighted by Crippen LogP contribution is -2.13. The van der Waals surface area contributed by atoms with Gasteiger partial charge in [-0.25, -0.2) is 17.9 Å². The van der Waals surface area contributed by atoms with Crippen LogP contribution in [0.4, 0.5) is 5.95 Å². The largest absolute Gasteiger partial charge is 0.477 e. The van der Waals surface area contributed by atoms with Gasteiger partial charge in [-0.15, -0.1) is 5.10 Å². The van der Waals surface area contributed by atoms with Crippen LogP contribution in [0.2, 0.25) is 0 Å². The Morgan fingerprint density at radius 2 is 2.24 bits per heavy atom. The van der Waals surface area contributed by atoms with Crippen molar-refractivity contribution in [2.75, 3.05) is 4.72 Å². The highest BCUT2D eigenvalue weighted by Gasteiger charge is 2.30. The van der Waals surface area contributed by atoms with E-state index in [1.807, 2.05) is 0 Å². The number of aromatic carboxylic acids is 1. The fourth-order valence-corrected chi connectivity index (χ4v) is 2.96. The molecule has 0 saturated heterocycles. The number of rotatable bonds is 5. The molecule has 0 aromatic carbocycles. The normalized spacial score (nSPS) is 15.1. The van der Waals surface area contributed by atoms with Crippen molar-refractivity contribution < 1.29 is 18.3 Å². The zero-order valence-electron chi connectivity index (χ0n) is 11.1. The van der Waals surface area contributed by atoms with Gasteiger partial charge in [0.1, 0.15) is 16.4 Å². The second-order valence-corrected chi connectivity index (χ2v) is 6.54. The molecule has 1 aliphatic rings. The molecule has 21 heavy (non-hydrogen) atoms. The number of carboxylic acids is 1. The summed E-state index contributed by atoms with van der Waals surface area (Å²) in [4.78, 5) is 14.9. The second kappa shape index (κ2) is 4.58. The van der Waals surface area contributed by atoms with E-state index in [9.17, 15) is 13.2 Å². The lowest BCUT2D eigenvalue weighted by Gasteiger charge is -2.02. The summed E-state index contributed by atoms with van der Waals surface area (Å²) in [5, 5.41) is 15.4. The Morgan fingerprint density at radius 3 is 2.76 bits per heavy atom. The van der Waals surface area contributed by atoms with Crippen LogP contribution in [0, 0.1) is 6.92 Å². The van der Waals surface area contributed by atoms with Gasteiger partial charge in [0.05, 0.1) is 0 Å². The first-order valence-corrected chi connectivity index (χ1v) is 7.72. The van der Waals surface area contributed by atoms with E-state index in [4.69, 9.17) is 5.11 Å². The summed E-state index contributed by atoms with van der Waals surface area (Å²) in [6.07, 6.45) is 3.03. The first-order valence-electron chi connectivity index (χ1n) is 6.24. The number of aromatic amines is 1. The number of carboxylic acid groups (broad SMARTS) is 1. The molecule has 0 amide bonds. The Labute approximate surface area is 120 Å². The maximum atomic E-state index is 12.2. The minimum atomic E-state index is -3.92. The van der Waals surface area contributed by atoms with Crippen molar-refractivity contribution in [1.29, 1.82) is 0 Å². The van der Waals surface area contributed by atoms with Crippen LogP contribution in [0.25, 0.3) is 0 Å². The van der Waals surface area contributed by atoms with Gasteiger partial charge in [0, 0.05) is 12.2 Å². The third kappa shape index (κ3) is 2.61. The van der Waals surface area contributed by atoms with E-state index >= 15 is 0 Å². The molecule has 0 spiro atoms. The molecule has 1 saturated carbocycles. The molecule has 0 bridgehead atoms. The number of carbonyl (C=O) groups is 1. The highest BCUT2D eigenvalue weighted by atomic mass is 32.2. The Morgan fingerprint density at radius 1 is 1.52 bits per heavy atom. The third-order valence-electron chi connectivity index (χ3n) is 3.12. The zero-order chi connectivity index (χ0) is 15.2. The average molecular weight is 311 g/mol. The zero-order valence-corrected chi connectivity index (χ0v) is 11.9. The summed E-state index contributed by atoms with van der Waals surface area (Å²) in [5.74, 6) is -0.768. The number of sulfonamides is 1. The number of nitrogens with zero attached hydrogens (tertiary/aromatic N) is 3. The molecule has 9 nitrogen and oxygen atoms in total. The number of nitrogens with one attached hydrogen (secondary N) is 2. The van der Waals surface area contributed by atoms with Crippen molar-refractivity contribution in [3.8, 4) is 0 Å². The fraction of sp³-hybridized carbons (Fsp3) is 0.364. The predicted octanol–water partition coefficient (Wildman–Crippen LogP) is 0.749. The summed E-state index contributed by atoms with van der Waals surface area (Å²) in [7, 11) is -3.92. The number of hydrogen-bond donors (Lipinski definition) is 3. The highest BCUT2D eigenvalue weighted by Crippen LogP contribution is 2.37. The Bertz CT molecular complexity index is 802. The average Bonchev–Trinajstić information content (AvgIpc) is 2.99. The molecular weight excluding hydrogens is 298 g/mol. The summed E-state index contributed by atoms with van der Waals surface area (Å²) >= 11 is 0. The number of hydrogen-bond acceptors (Lipinski definition) is 5. The van der Waals surface area contributed by atoms with Crippen LogP contribution in [0.5, 0.6) is 0 Å². The Balaban J connectivity index is 1.95. The minimum Gasteiger partial charge on any atom is -0.477 e. The van der Waals surface area contributed by atoms with E-state index in [1.54, 1.807) is 6.92 Å². The molecule has 2 heterocycles. The van der Waals surface area contributed by atoms with E-state index in [0.29, 0.717) is 5.82 Å². The molecule has 0 aliphatic heterocycles. The van der Waals surface area contributed by atoms with Crippen molar-refractivity contribution in [2.45, 2.75) is 30.7 Å². The van der Waals surface area contributed by atoms with Gasteiger partial charge in [-0.05, 0) is 25.8 Å². The summed E-state index contributed by atoms with van der Waals surface area (Å²) in [6, 6.07) is 1.20. The molecule has 2 aromatic rings. The van der Waals surface area contributed by atoms with Gasteiger partial charge in [0.15, 0.2) is 0 Å². The van der Waals surface area contributed by atoms with Crippen molar-refractivity contribution in [1.82, 2.24) is 19.7 Å². The molecule has 0 atom stereocenters. The number of H-pyrrole nitrogens is 1. The van der Waals surface area contributed by atoms with Crippen LogP contribution in [0.15, 0.2) is 17.2 Å². The van der Waals surface area contributed by atoms with Crippen LogP contribution in [-0.2, 0) is 10.0 Å². The second-order valence-electron chi connectivity index (χ2n) is 4.85. The molecule has 0 radical (unpaired) electrons. The van der Waals surface area contributed by atoms with Gasteiger partial charge in [0.2, 0.25) is 0 Å². The number of aryl methyl sites for hydroxylation is 1. The first-order chi connectivity index (χ1) is 9.87. The van der Waals surface area contributed by atoms with Crippen molar-refractivity contribution >= 4 is 21.9 Å². The lowest BCUT2D eigenvalue weighted by molar-refractivity contribution is 0.0685. The van der Waals surface area contributed by atoms with Gasteiger partial charge < -0.3 is 9.67 Å². The fourth-order valence-electron chi connectivity index (χ4n) is 1.99. The monoisotopic (exact) mass is 311 g/mol. The quantitative estimate of drug-likeness (QED) is 0.747. The maximum absolute atomic E-state index is 12.2. The topological polar surface area (TPSA) is 130 Å². The smallest absolute Gasteiger partial charge is 0.352 e. The molecule has 10 heteroatoms. The molecule has 0 unspecified atom stereocenters. The van der Waals surface area contributed by atoms with Crippen LogP contribution in [-0.4, -0.2) is 39.2 Å². The SMILES string of the molecule is Cc1nc(NS(=O)(=O)c2cc(C(=O)O)n(C3CC3)c2)n[nH]1. The molecule has 3 rings (SSSR count). The van der Waals surface area contributed by atoms with Crippen LogP contribution >= 0.6 is 0 Å². The van der Waals surface area contributed by atoms with E-state index in [1.165, 1.54) is 10.8 Å². The molecular formula is C11H13N5O4S. The summed E-state index contributed by atoms with van der Waals surface area (Å²) < 4.78 is 28.2. The van der Waals surface area contributed by atoms with E-state index in [0.717, 1.165) is 18.9 Å². The molecule has 1 aliphatic carbocycles. The van der Waals surface area contributed by atoms with Crippen LogP contribution < -0.4 is 4.72 Å².